The Labute approximate surface area is 144 Å². The van der Waals surface area contributed by atoms with Crippen LogP contribution >= 0.6 is 21.6 Å². The first kappa shape index (κ1) is 20.0. The van der Waals surface area contributed by atoms with E-state index in [1.165, 1.54) is 28.7 Å². The Kier molecular flexibility index (Phi) is 6.64. The largest absolute Gasteiger partial charge is 0.467 e. The number of nitrogens with one attached hydrogen (secondary N) is 2. The van der Waals surface area contributed by atoms with Crippen molar-refractivity contribution in [1.29, 1.82) is 0 Å². The van der Waals surface area contributed by atoms with Crippen molar-refractivity contribution in [3.05, 3.63) is 0 Å². The summed E-state index contributed by atoms with van der Waals surface area (Å²) in [5.74, 6) is -0.589. The van der Waals surface area contributed by atoms with Crippen LogP contribution in [0.2, 0.25) is 0 Å². The zero-order valence-corrected chi connectivity index (χ0v) is 15.9. The highest BCUT2D eigenvalue weighted by atomic mass is 33.1. The number of carbonyl (C=O) groups excluding carboxylic acids is 3. The summed E-state index contributed by atoms with van der Waals surface area (Å²) in [6.45, 7) is 8.93. The molecule has 2 N–H and O–H groups in total. The maximum absolute atomic E-state index is 12.4. The first-order valence-electron chi connectivity index (χ1n) is 7.14. The van der Waals surface area contributed by atoms with Crippen molar-refractivity contribution in [3.63, 3.8) is 0 Å². The van der Waals surface area contributed by atoms with Crippen LogP contribution in [0.15, 0.2) is 0 Å². The van der Waals surface area contributed by atoms with Crippen molar-refractivity contribution in [2.75, 3.05) is 12.9 Å². The van der Waals surface area contributed by atoms with Gasteiger partial charge in [-0.3, -0.25) is 4.79 Å². The Morgan fingerprint density at radius 1 is 1.35 bits per heavy atom. The van der Waals surface area contributed by atoms with Gasteiger partial charge in [0.15, 0.2) is 0 Å². The van der Waals surface area contributed by atoms with Gasteiger partial charge in [0.2, 0.25) is 5.91 Å². The summed E-state index contributed by atoms with van der Waals surface area (Å²) < 4.78 is 9.39. The summed E-state index contributed by atoms with van der Waals surface area (Å²) >= 11 is 0. The van der Waals surface area contributed by atoms with Crippen LogP contribution in [-0.2, 0) is 19.1 Å². The van der Waals surface area contributed by atoms with Gasteiger partial charge < -0.3 is 20.1 Å². The van der Waals surface area contributed by atoms with E-state index in [2.05, 4.69) is 10.6 Å². The first-order valence-corrected chi connectivity index (χ1v) is 9.46. The minimum Gasteiger partial charge on any atom is -0.467 e. The van der Waals surface area contributed by atoms with E-state index in [1.807, 2.05) is 13.8 Å². The lowest BCUT2D eigenvalue weighted by Crippen LogP contribution is -2.59. The normalized spacial score (nSPS) is 24.7. The van der Waals surface area contributed by atoms with Crippen molar-refractivity contribution in [2.45, 2.75) is 57.1 Å². The molecule has 0 bridgehead atoms. The molecule has 0 spiro atoms. The molecule has 0 aromatic carbocycles. The summed E-state index contributed by atoms with van der Waals surface area (Å²) in [5.41, 5.74) is -0.652. The topological polar surface area (TPSA) is 93.7 Å². The summed E-state index contributed by atoms with van der Waals surface area (Å²) in [6.07, 6.45) is -0.669. The predicted octanol–water partition coefficient (Wildman–Crippen LogP) is 1.71. The van der Waals surface area contributed by atoms with E-state index >= 15 is 0 Å². The molecule has 0 aromatic heterocycles. The molecule has 2 atom stereocenters. The van der Waals surface area contributed by atoms with Gasteiger partial charge in [-0.15, -0.1) is 0 Å². The highest BCUT2D eigenvalue weighted by Crippen LogP contribution is 2.40. The van der Waals surface area contributed by atoms with E-state index in [-0.39, 0.29) is 0 Å². The van der Waals surface area contributed by atoms with Gasteiger partial charge in [-0.25, -0.2) is 9.59 Å². The van der Waals surface area contributed by atoms with Crippen LogP contribution in [-0.4, -0.2) is 53.3 Å². The monoisotopic (exact) mass is 364 g/mol. The van der Waals surface area contributed by atoms with Crippen LogP contribution < -0.4 is 10.6 Å². The van der Waals surface area contributed by atoms with Crippen LogP contribution in [0.3, 0.4) is 0 Å². The Morgan fingerprint density at radius 2 is 1.96 bits per heavy atom. The Balaban J connectivity index is 2.81. The van der Waals surface area contributed by atoms with Crippen molar-refractivity contribution >= 4 is 39.6 Å². The number of methoxy groups -OCH3 is 1. The number of alkyl carbamates (subject to hydrolysis) is 1. The lowest BCUT2D eigenvalue weighted by atomic mass is 10.0. The maximum atomic E-state index is 12.4. The third-order valence-corrected chi connectivity index (χ3v) is 6.24. The maximum Gasteiger partial charge on any atom is 0.408 e. The van der Waals surface area contributed by atoms with E-state index in [0.29, 0.717) is 5.75 Å². The molecular formula is C14H24N2O5S2. The molecule has 1 aliphatic heterocycles. The smallest absolute Gasteiger partial charge is 0.408 e. The van der Waals surface area contributed by atoms with Crippen LogP contribution in [0, 0.1) is 0 Å². The number of hydrogen-bond donors (Lipinski definition) is 2. The molecule has 1 fully saturated rings. The molecule has 1 rings (SSSR count). The van der Waals surface area contributed by atoms with Crippen LogP contribution in [0.25, 0.3) is 0 Å². The molecule has 1 saturated heterocycles. The van der Waals surface area contributed by atoms with Crippen LogP contribution in [0.5, 0.6) is 0 Å². The SMILES string of the molecule is COC(=O)[C@@H]1NC(=O)[C@@H](NC(=O)OC(C)(C)C)CSSC1(C)C. The standard InChI is InChI=1S/C14H24N2O5S2/c1-13(2,3)21-12(19)15-8-7-22-23-14(4,5)9(11(18)20-6)16-10(8)17/h8-9H,7H2,1-6H3,(H,15,19)(H,16,17)/t8-,9-/m0/s1. The summed E-state index contributed by atoms with van der Waals surface area (Å²) in [4.78, 5) is 36.2. The van der Waals surface area contributed by atoms with Crippen LogP contribution in [0.4, 0.5) is 4.79 Å². The van der Waals surface area contributed by atoms with Gasteiger partial charge >= 0.3 is 12.1 Å². The molecule has 1 aliphatic rings. The molecule has 7 nitrogen and oxygen atoms in total. The molecular weight excluding hydrogens is 340 g/mol. The molecule has 2 amide bonds. The summed E-state index contributed by atoms with van der Waals surface area (Å²) in [6, 6.07) is -1.59. The molecule has 1 heterocycles. The Morgan fingerprint density at radius 3 is 2.48 bits per heavy atom. The minimum absolute atomic E-state index is 0.368. The molecule has 0 aromatic rings. The van der Waals surface area contributed by atoms with E-state index in [9.17, 15) is 14.4 Å². The van der Waals surface area contributed by atoms with Gasteiger partial charge in [-0.05, 0) is 34.6 Å². The number of esters is 1. The molecule has 0 radical (unpaired) electrons. The van der Waals surface area contributed by atoms with E-state index in [1.54, 1.807) is 20.8 Å². The van der Waals surface area contributed by atoms with E-state index < -0.39 is 40.4 Å². The zero-order valence-electron chi connectivity index (χ0n) is 14.2. The van der Waals surface area contributed by atoms with Crippen molar-refractivity contribution in [1.82, 2.24) is 10.6 Å². The number of amides is 2. The fourth-order valence-electron chi connectivity index (χ4n) is 1.81. The molecule has 0 aliphatic carbocycles. The molecule has 9 heteroatoms. The van der Waals surface area contributed by atoms with Gasteiger partial charge in [0.25, 0.3) is 0 Å². The number of hydrogen-bond acceptors (Lipinski definition) is 7. The fraction of sp³-hybridized carbons (Fsp3) is 0.786. The Hall–Kier alpha value is -1.09. The van der Waals surface area contributed by atoms with Crippen LogP contribution in [0.1, 0.15) is 34.6 Å². The predicted molar refractivity (Wildman–Crippen MR) is 91.2 cm³/mol. The second-order valence-corrected chi connectivity index (χ2v) is 9.63. The fourth-order valence-corrected chi connectivity index (χ4v) is 4.62. The summed E-state index contributed by atoms with van der Waals surface area (Å²) in [5, 5.41) is 5.20. The number of ether oxygens (including phenoxy) is 2. The Bertz CT molecular complexity index is 476. The van der Waals surface area contributed by atoms with E-state index in [4.69, 9.17) is 9.47 Å². The van der Waals surface area contributed by atoms with Gasteiger partial charge in [0.05, 0.1) is 11.9 Å². The molecule has 0 unspecified atom stereocenters. The van der Waals surface area contributed by atoms with Crippen molar-refractivity contribution < 1.29 is 23.9 Å². The third kappa shape index (κ3) is 6.14. The second kappa shape index (κ2) is 7.65. The van der Waals surface area contributed by atoms with Gasteiger partial charge in [-0.1, -0.05) is 21.6 Å². The molecule has 23 heavy (non-hydrogen) atoms. The van der Waals surface area contributed by atoms with Crippen molar-refractivity contribution in [2.24, 2.45) is 0 Å². The summed E-state index contributed by atoms with van der Waals surface area (Å²) in [7, 11) is 4.15. The van der Waals surface area contributed by atoms with Gasteiger partial charge in [0, 0.05) is 5.75 Å². The first-order chi connectivity index (χ1) is 10.5. The lowest BCUT2D eigenvalue weighted by Gasteiger charge is -2.35. The van der Waals surface area contributed by atoms with Gasteiger partial charge in [-0.2, -0.15) is 0 Å². The lowest BCUT2D eigenvalue weighted by molar-refractivity contribution is -0.146. The highest BCUT2D eigenvalue weighted by Gasteiger charge is 2.41. The highest BCUT2D eigenvalue weighted by molar-refractivity contribution is 8.77. The molecule has 0 saturated carbocycles. The molecule has 132 valence electrons. The average Bonchev–Trinajstić information content (AvgIpc) is 2.39. The number of carbonyl (C=O) groups is 3. The second-order valence-electron chi connectivity index (χ2n) is 6.63. The third-order valence-electron chi connectivity index (χ3n) is 2.93. The zero-order chi connectivity index (χ0) is 17.8. The van der Waals surface area contributed by atoms with Gasteiger partial charge in [0.1, 0.15) is 17.7 Å². The van der Waals surface area contributed by atoms with Crippen molar-refractivity contribution in [3.8, 4) is 0 Å². The quantitative estimate of drug-likeness (QED) is 0.569. The number of rotatable bonds is 2. The average molecular weight is 364 g/mol. The van der Waals surface area contributed by atoms with E-state index in [0.717, 1.165) is 0 Å². The minimum atomic E-state index is -0.805.